The first kappa shape index (κ1) is 20.7. The molecule has 2 aromatic carbocycles. The van der Waals surface area contributed by atoms with Gasteiger partial charge in [0.05, 0.1) is 7.11 Å². The van der Waals surface area contributed by atoms with Crippen LogP contribution in [0.5, 0.6) is 0 Å². The van der Waals surface area contributed by atoms with Gasteiger partial charge in [0, 0.05) is 10.4 Å². The van der Waals surface area contributed by atoms with Crippen LogP contribution in [0.15, 0.2) is 42.5 Å². The SMILES string of the molecule is CCc1ccc(-c2c(C)sc(NC(=O)c3c(F)cccc3F)c2C(=O)OC)cc1. The quantitative estimate of drug-likeness (QED) is 0.552. The molecule has 3 aromatic rings. The van der Waals surface area contributed by atoms with Crippen molar-refractivity contribution in [1.82, 2.24) is 0 Å². The Balaban J connectivity index is 2.07. The number of halogens is 2. The lowest BCUT2D eigenvalue weighted by molar-refractivity contribution is 0.0603. The maximum atomic E-state index is 14.0. The molecule has 29 heavy (non-hydrogen) atoms. The van der Waals surface area contributed by atoms with Gasteiger partial charge in [0.2, 0.25) is 0 Å². The van der Waals surface area contributed by atoms with Crippen LogP contribution in [0.1, 0.15) is 38.1 Å². The van der Waals surface area contributed by atoms with Crippen molar-refractivity contribution in [2.24, 2.45) is 0 Å². The molecule has 1 amide bonds. The number of rotatable bonds is 5. The molecule has 0 aliphatic carbocycles. The van der Waals surface area contributed by atoms with Crippen molar-refractivity contribution in [3.05, 3.63) is 75.7 Å². The van der Waals surface area contributed by atoms with Crippen LogP contribution in [0.2, 0.25) is 0 Å². The highest BCUT2D eigenvalue weighted by atomic mass is 32.1. The highest BCUT2D eigenvalue weighted by Crippen LogP contribution is 2.40. The third kappa shape index (κ3) is 4.05. The second-order valence-corrected chi connectivity index (χ2v) is 7.55. The summed E-state index contributed by atoms with van der Waals surface area (Å²) in [6.07, 6.45) is 0.877. The fourth-order valence-electron chi connectivity index (χ4n) is 3.06. The van der Waals surface area contributed by atoms with E-state index in [0.717, 1.165) is 45.9 Å². The van der Waals surface area contributed by atoms with Crippen molar-refractivity contribution in [3.8, 4) is 11.1 Å². The molecular formula is C22H19F2NO3S. The molecule has 1 aromatic heterocycles. The lowest BCUT2D eigenvalue weighted by Gasteiger charge is -2.09. The number of amides is 1. The van der Waals surface area contributed by atoms with Crippen LogP contribution in [0.25, 0.3) is 11.1 Å². The number of carbonyl (C=O) groups excluding carboxylic acids is 2. The summed E-state index contributed by atoms with van der Waals surface area (Å²) >= 11 is 1.15. The number of carbonyl (C=O) groups is 2. The lowest BCUT2D eigenvalue weighted by atomic mass is 9.99. The number of thiophene rings is 1. The second kappa shape index (κ2) is 8.53. The van der Waals surface area contributed by atoms with Gasteiger partial charge < -0.3 is 10.1 Å². The van der Waals surface area contributed by atoms with E-state index in [2.05, 4.69) is 5.32 Å². The number of nitrogens with one attached hydrogen (secondary N) is 1. The van der Waals surface area contributed by atoms with Gasteiger partial charge in [0.1, 0.15) is 27.8 Å². The first-order valence-corrected chi connectivity index (χ1v) is 9.75. The molecule has 0 aliphatic rings. The van der Waals surface area contributed by atoms with Crippen molar-refractivity contribution in [3.63, 3.8) is 0 Å². The number of hydrogen-bond acceptors (Lipinski definition) is 4. The Morgan fingerprint density at radius 1 is 1.03 bits per heavy atom. The molecule has 0 spiro atoms. The van der Waals surface area contributed by atoms with E-state index in [1.165, 1.54) is 13.2 Å². The van der Waals surface area contributed by atoms with Crippen LogP contribution in [0.3, 0.4) is 0 Å². The zero-order valence-corrected chi connectivity index (χ0v) is 17.0. The second-order valence-electron chi connectivity index (χ2n) is 6.33. The van der Waals surface area contributed by atoms with E-state index in [-0.39, 0.29) is 10.6 Å². The molecule has 0 unspecified atom stereocenters. The van der Waals surface area contributed by atoms with Crippen molar-refractivity contribution in [2.75, 3.05) is 12.4 Å². The van der Waals surface area contributed by atoms with Gasteiger partial charge in [-0.05, 0) is 36.6 Å². The largest absolute Gasteiger partial charge is 0.465 e. The molecule has 0 saturated carbocycles. The van der Waals surface area contributed by atoms with E-state index in [0.29, 0.717) is 5.56 Å². The van der Waals surface area contributed by atoms with E-state index in [1.54, 1.807) is 6.92 Å². The molecule has 1 N–H and O–H groups in total. The molecule has 7 heteroatoms. The summed E-state index contributed by atoms with van der Waals surface area (Å²) in [6.45, 7) is 3.85. The minimum atomic E-state index is -0.981. The predicted molar refractivity (Wildman–Crippen MR) is 110 cm³/mol. The Labute approximate surface area is 171 Å². The van der Waals surface area contributed by atoms with Crippen molar-refractivity contribution < 1.29 is 23.1 Å². The van der Waals surface area contributed by atoms with Gasteiger partial charge in [-0.15, -0.1) is 11.3 Å². The molecule has 0 fully saturated rings. The molecule has 0 bridgehead atoms. The Bertz CT molecular complexity index is 1050. The Morgan fingerprint density at radius 3 is 2.21 bits per heavy atom. The van der Waals surface area contributed by atoms with Crippen LogP contribution in [0, 0.1) is 18.6 Å². The monoisotopic (exact) mass is 415 g/mol. The minimum Gasteiger partial charge on any atom is -0.465 e. The van der Waals surface area contributed by atoms with Crippen molar-refractivity contribution >= 4 is 28.2 Å². The molecule has 0 atom stereocenters. The van der Waals surface area contributed by atoms with Crippen LogP contribution < -0.4 is 5.32 Å². The molecule has 0 aliphatic heterocycles. The van der Waals surface area contributed by atoms with Gasteiger partial charge >= 0.3 is 5.97 Å². The number of aryl methyl sites for hydroxylation is 2. The normalized spacial score (nSPS) is 10.7. The van der Waals surface area contributed by atoms with Crippen LogP contribution in [0.4, 0.5) is 13.8 Å². The van der Waals surface area contributed by atoms with Crippen molar-refractivity contribution in [2.45, 2.75) is 20.3 Å². The molecule has 3 rings (SSSR count). The van der Waals surface area contributed by atoms with E-state index in [9.17, 15) is 18.4 Å². The van der Waals surface area contributed by atoms with Crippen molar-refractivity contribution in [1.29, 1.82) is 0 Å². The summed E-state index contributed by atoms with van der Waals surface area (Å²) < 4.78 is 32.8. The van der Waals surface area contributed by atoms with Crippen LogP contribution >= 0.6 is 11.3 Å². The highest BCUT2D eigenvalue weighted by Gasteiger charge is 2.27. The Hall–Kier alpha value is -3.06. The smallest absolute Gasteiger partial charge is 0.341 e. The molecule has 1 heterocycles. The number of hydrogen-bond donors (Lipinski definition) is 1. The third-order valence-electron chi connectivity index (χ3n) is 4.54. The van der Waals surface area contributed by atoms with E-state index in [1.807, 2.05) is 31.2 Å². The van der Waals surface area contributed by atoms with E-state index < -0.39 is 29.1 Å². The Kier molecular flexibility index (Phi) is 6.08. The van der Waals surface area contributed by atoms with Gasteiger partial charge in [-0.2, -0.15) is 0 Å². The fourth-order valence-corrected chi connectivity index (χ4v) is 4.12. The first-order chi connectivity index (χ1) is 13.9. The molecule has 150 valence electrons. The van der Waals surface area contributed by atoms with Gasteiger partial charge in [0.25, 0.3) is 5.91 Å². The molecular weight excluding hydrogens is 396 g/mol. The topological polar surface area (TPSA) is 55.4 Å². The van der Waals surface area contributed by atoms with Gasteiger partial charge in [-0.1, -0.05) is 37.3 Å². The summed E-state index contributed by atoms with van der Waals surface area (Å²) in [5.74, 6) is -3.58. The molecule has 0 saturated heterocycles. The summed E-state index contributed by atoms with van der Waals surface area (Å²) in [5.41, 5.74) is 2.00. The fraction of sp³-hybridized carbons (Fsp3) is 0.182. The minimum absolute atomic E-state index is 0.157. The molecule has 4 nitrogen and oxygen atoms in total. The standard InChI is InChI=1S/C22H19F2NO3S/c1-4-13-8-10-14(11-9-13)17-12(2)29-21(19(17)22(27)28-3)25-20(26)18-15(23)6-5-7-16(18)24/h5-11H,4H2,1-3H3,(H,25,26). The number of esters is 1. The Morgan fingerprint density at radius 2 is 1.66 bits per heavy atom. The van der Waals surface area contributed by atoms with E-state index in [4.69, 9.17) is 4.74 Å². The maximum absolute atomic E-state index is 14.0. The lowest BCUT2D eigenvalue weighted by Crippen LogP contribution is -2.17. The third-order valence-corrected chi connectivity index (χ3v) is 5.56. The number of anilines is 1. The van der Waals surface area contributed by atoms with Crippen LogP contribution in [-0.2, 0) is 11.2 Å². The summed E-state index contributed by atoms with van der Waals surface area (Å²) in [5, 5.41) is 2.65. The zero-order chi connectivity index (χ0) is 21.1. The van der Waals surface area contributed by atoms with Gasteiger partial charge in [-0.25, -0.2) is 13.6 Å². The summed E-state index contributed by atoms with van der Waals surface area (Å²) in [4.78, 5) is 25.8. The van der Waals surface area contributed by atoms with Gasteiger partial charge in [-0.3, -0.25) is 4.79 Å². The average Bonchev–Trinajstić information content (AvgIpc) is 3.02. The summed E-state index contributed by atoms with van der Waals surface area (Å²) in [6, 6.07) is 10.9. The molecule has 0 radical (unpaired) electrons. The van der Waals surface area contributed by atoms with Crippen LogP contribution in [-0.4, -0.2) is 19.0 Å². The number of methoxy groups -OCH3 is 1. The van der Waals surface area contributed by atoms with Gasteiger partial charge in [0.15, 0.2) is 0 Å². The van der Waals surface area contributed by atoms with E-state index >= 15 is 0 Å². The zero-order valence-electron chi connectivity index (χ0n) is 16.1. The maximum Gasteiger partial charge on any atom is 0.341 e. The predicted octanol–water partition coefficient (Wildman–Crippen LogP) is 5.60. The summed E-state index contributed by atoms with van der Waals surface area (Å²) in [7, 11) is 1.24. The average molecular weight is 415 g/mol. The number of ether oxygens (including phenoxy) is 1. The first-order valence-electron chi connectivity index (χ1n) is 8.93. The highest BCUT2D eigenvalue weighted by molar-refractivity contribution is 7.17. The number of benzene rings is 2.